The second-order valence-electron chi connectivity index (χ2n) is 5.84. The van der Waals surface area contributed by atoms with Crippen molar-refractivity contribution >= 4 is 22.6 Å². The van der Waals surface area contributed by atoms with Crippen LogP contribution in [0.1, 0.15) is 26.3 Å². The number of halogens is 1. The van der Waals surface area contributed by atoms with E-state index in [2.05, 4.69) is 53.4 Å². The molecule has 1 aromatic heterocycles. The van der Waals surface area contributed by atoms with Crippen LogP contribution < -0.4 is 0 Å². The molecule has 0 saturated carbocycles. The van der Waals surface area contributed by atoms with Gasteiger partial charge in [-0.1, -0.05) is 23.8 Å². The van der Waals surface area contributed by atoms with Crippen molar-refractivity contribution in [1.29, 1.82) is 0 Å². The molecule has 1 aromatic carbocycles. The van der Waals surface area contributed by atoms with Gasteiger partial charge in [-0.2, -0.15) is 0 Å². The van der Waals surface area contributed by atoms with Gasteiger partial charge in [0.25, 0.3) is 0 Å². The summed E-state index contributed by atoms with van der Waals surface area (Å²) in [4.78, 5) is 6.95. The molecule has 2 aromatic rings. The van der Waals surface area contributed by atoms with Crippen molar-refractivity contribution in [3.8, 4) is 0 Å². The number of rotatable bonds is 2. The number of benzene rings is 1. The summed E-state index contributed by atoms with van der Waals surface area (Å²) in [5.41, 5.74) is 4.88. The Kier molecular flexibility index (Phi) is 3.57. The van der Waals surface area contributed by atoms with E-state index in [1.807, 2.05) is 6.07 Å². The van der Waals surface area contributed by atoms with Crippen LogP contribution in [0.3, 0.4) is 0 Å². The number of imidazole rings is 1. The van der Waals surface area contributed by atoms with Crippen molar-refractivity contribution in [1.82, 2.24) is 14.5 Å². The molecule has 4 heteroatoms. The third-order valence-electron chi connectivity index (χ3n) is 3.98. The zero-order chi connectivity index (χ0) is 14.3. The quantitative estimate of drug-likeness (QED) is 0.783. The summed E-state index contributed by atoms with van der Waals surface area (Å²) in [6.45, 7) is 9.37. The minimum atomic E-state index is 0.438. The standard InChI is InChI=1S/C16H20ClN3/c1-11(2)7-8-19-10-13-5-4-6-14-15(13)20(9-12(19)3)16(17)18-14/h4-7,12H,8-10H2,1-3H3. The Morgan fingerprint density at radius 1 is 1.45 bits per heavy atom. The first-order valence-corrected chi connectivity index (χ1v) is 7.45. The lowest BCUT2D eigenvalue weighted by Crippen LogP contribution is -2.34. The zero-order valence-electron chi connectivity index (χ0n) is 12.2. The summed E-state index contributed by atoms with van der Waals surface area (Å²) >= 11 is 6.31. The van der Waals surface area contributed by atoms with Gasteiger partial charge in [-0.25, -0.2) is 4.98 Å². The van der Waals surface area contributed by atoms with E-state index >= 15 is 0 Å². The van der Waals surface area contributed by atoms with Gasteiger partial charge in [0, 0.05) is 25.7 Å². The van der Waals surface area contributed by atoms with Crippen molar-refractivity contribution in [3.05, 3.63) is 40.7 Å². The molecule has 0 saturated heterocycles. The maximum Gasteiger partial charge on any atom is 0.203 e. The van der Waals surface area contributed by atoms with Gasteiger partial charge in [-0.3, -0.25) is 4.90 Å². The fourth-order valence-electron chi connectivity index (χ4n) is 2.82. The summed E-state index contributed by atoms with van der Waals surface area (Å²) in [6, 6.07) is 6.73. The Morgan fingerprint density at radius 2 is 2.25 bits per heavy atom. The van der Waals surface area contributed by atoms with Gasteiger partial charge in [0.05, 0.1) is 11.0 Å². The van der Waals surface area contributed by atoms with Gasteiger partial charge in [-0.05, 0) is 44.0 Å². The highest BCUT2D eigenvalue weighted by molar-refractivity contribution is 6.29. The predicted molar refractivity (Wildman–Crippen MR) is 84.0 cm³/mol. The van der Waals surface area contributed by atoms with E-state index in [0.29, 0.717) is 11.3 Å². The molecule has 2 heterocycles. The molecular weight excluding hydrogens is 270 g/mol. The van der Waals surface area contributed by atoms with Crippen LogP contribution in [0.2, 0.25) is 5.28 Å². The van der Waals surface area contributed by atoms with E-state index in [9.17, 15) is 0 Å². The highest BCUT2D eigenvalue weighted by Crippen LogP contribution is 2.28. The van der Waals surface area contributed by atoms with Crippen LogP contribution in [-0.4, -0.2) is 27.0 Å². The fraction of sp³-hybridized carbons (Fsp3) is 0.438. The summed E-state index contributed by atoms with van der Waals surface area (Å²) in [6.07, 6.45) is 2.29. The zero-order valence-corrected chi connectivity index (χ0v) is 13.0. The number of para-hydroxylation sites is 1. The lowest BCUT2D eigenvalue weighted by atomic mass is 10.1. The van der Waals surface area contributed by atoms with Gasteiger partial charge in [0.15, 0.2) is 0 Å². The van der Waals surface area contributed by atoms with Crippen LogP contribution in [0.5, 0.6) is 0 Å². The largest absolute Gasteiger partial charge is 0.313 e. The normalized spacial score (nSPS) is 19.1. The third kappa shape index (κ3) is 2.36. The Bertz CT molecular complexity index is 668. The molecule has 1 unspecified atom stereocenters. The van der Waals surface area contributed by atoms with Crippen LogP contribution in [0, 0.1) is 0 Å². The topological polar surface area (TPSA) is 21.1 Å². The van der Waals surface area contributed by atoms with Crippen molar-refractivity contribution in [2.75, 3.05) is 6.54 Å². The Hall–Kier alpha value is -1.32. The van der Waals surface area contributed by atoms with Gasteiger partial charge < -0.3 is 4.57 Å². The molecule has 106 valence electrons. The van der Waals surface area contributed by atoms with E-state index in [1.54, 1.807) is 0 Å². The van der Waals surface area contributed by atoms with Crippen LogP contribution in [0.25, 0.3) is 11.0 Å². The molecule has 1 aliphatic rings. The molecule has 0 aliphatic carbocycles. The van der Waals surface area contributed by atoms with Crippen LogP contribution in [0.4, 0.5) is 0 Å². The van der Waals surface area contributed by atoms with Gasteiger partial charge in [0.2, 0.25) is 5.28 Å². The van der Waals surface area contributed by atoms with E-state index in [-0.39, 0.29) is 0 Å². The lowest BCUT2D eigenvalue weighted by Gasteiger charge is -2.26. The first-order chi connectivity index (χ1) is 9.56. The van der Waals surface area contributed by atoms with Crippen LogP contribution in [-0.2, 0) is 13.1 Å². The third-order valence-corrected chi connectivity index (χ3v) is 4.27. The molecule has 0 fully saturated rings. The maximum atomic E-state index is 6.31. The maximum absolute atomic E-state index is 6.31. The monoisotopic (exact) mass is 289 g/mol. The average Bonchev–Trinajstić information content (AvgIpc) is 2.62. The molecule has 0 amide bonds. The highest BCUT2D eigenvalue weighted by atomic mass is 35.5. The van der Waals surface area contributed by atoms with E-state index in [1.165, 1.54) is 16.7 Å². The summed E-state index contributed by atoms with van der Waals surface area (Å²) in [5.74, 6) is 0. The second kappa shape index (κ2) is 5.23. The van der Waals surface area contributed by atoms with E-state index < -0.39 is 0 Å². The van der Waals surface area contributed by atoms with Crippen molar-refractivity contribution in [2.24, 2.45) is 0 Å². The van der Waals surface area contributed by atoms with E-state index in [4.69, 9.17) is 11.6 Å². The number of hydrogen-bond donors (Lipinski definition) is 0. The minimum absolute atomic E-state index is 0.438. The number of aromatic nitrogens is 2. The van der Waals surface area contributed by atoms with Gasteiger partial charge in [0.1, 0.15) is 0 Å². The van der Waals surface area contributed by atoms with Crippen molar-refractivity contribution < 1.29 is 0 Å². The Morgan fingerprint density at radius 3 is 3.00 bits per heavy atom. The SMILES string of the molecule is CC(C)=CCN1Cc2cccc3nc(Cl)n(c23)CC1C. The Labute approximate surface area is 124 Å². The summed E-state index contributed by atoms with van der Waals surface area (Å²) in [7, 11) is 0. The molecule has 0 N–H and O–H groups in total. The summed E-state index contributed by atoms with van der Waals surface area (Å²) in [5, 5.41) is 0.600. The first kappa shape index (κ1) is 13.7. The van der Waals surface area contributed by atoms with Crippen LogP contribution >= 0.6 is 11.6 Å². The molecule has 0 radical (unpaired) electrons. The molecule has 3 rings (SSSR count). The smallest absolute Gasteiger partial charge is 0.203 e. The Balaban J connectivity index is 2.03. The highest BCUT2D eigenvalue weighted by Gasteiger charge is 2.23. The van der Waals surface area contributed by atoms with Gasteiger partial charge >= 0.3 is 0 Å². The molecular formula is C16H20ClN3. The van der Waals surface area contributed by atoms with Crippen molar-refractivity contribution in [3.63, 3.8) is 0 Å². The molecule has 0 spiro atoms. The minimum Gasteiger partial charge on any atom is -0.313 e. The fourth-order valence-corrected chi connectivity index (χ4v) is 3.07. The molecule has 1 aliphatic heterocycles. The lowest BCUT2D eigenvalue weighted by molar-refractivity contribution is 0.211. The average molecular weight is 290 g/mol. The molecule has 3 nitrogen and oxygen atoms in total. The van der Waals surface area contributed by atoms with Gasteiger partial charge in [-0.15, -0.1) is 0 Å². The van der Waals surface area contributed by atoms with E-state index in [0.717, 1.165) is 25.2 Å². The second-order valence-corrected chi connectivity index (χ2v) is 6.17. The number of nitrogens with zero attached hydrogens (tertiary/aromatic N) is 3. The number of hydrogen-bond acceptors (Lipinski definition) is 2. The summed E-state index contributed by atoms with van der Waals surface area (Å²) < 4.78 is 2.15. The molecule has 20 heavy (non-hydrogen) atoms. The van der Waals surface area contributed by atoms with Crippen molar-refractivity contribution in [2.45, 2.75) is 39.9 Å². The predicted octanol–water partition coefficient (Wildman–Crippen LogP) is 3.86. The molecule has 1 atom stereocenters. The first-order valence-electron chi connectivity index (χ1n) is 7.07. The molecule has 0 bridgehead atoms. The number of allylic oxidation sites excluding steroid dienone is 1. The van der Waals surface area contributed by atoms with Crippen LogP contribution in [0.15, 0.2) is 29.8 Å².